The molecule has 2 heterocycles. The predicted octanol–water partition coefficient (Wildman–Crippen LogP) is 3.42. The maximum Gasteiger partial charge on any atom is 0.337 e. The molecule has 2 saturated heterocycles. The molecule has 2 aliphatic heterocycles. The first kappa shape index (κ1) is 21.5. The molecule has 6 heteroatoms. The van der Waals surface area contributed by atoms with Crippen molar-refractivity contribution in [2.24, 2.45) is 0 Å². The summed E-state index contributed by atoms with van der Waals surface area (Å²) in [6.07, 6.45) is 4.15. The molecule has 2 aliphatic rings. The van der Waals surface area contributed by atoms with Crippen LogP contribution in [0.15, 0.2) is 54.6 Å². The van der Waals surface area contributed by atoms with E-state index in [4.69, 9.17) is 9.47 Å². The predicted molar refractivity (Wildman–Crippen MR) is 118 cm³/mol. The summed E-state index contributed by atoms with van der Waals surface area (Å²) >= 11 is 0. The van der Waals surface area contributed by atoms with E-state index in [1.54, 1.807) is 0 Å². The van der Waals surface area contributed by atoms with E-state index in [1.807, 2.05) is 54.6 Å². The van der Waals surface area contributed by atoms with Crippen molar-refractivity contribution in [3.63, 3.8) is 0 Å². The fourth-order valence-corrected chi connectivity index (χ4v) is 4.55. The summed E-state index contributed by atoms with van der Waals surface area (Å²) in [6.45, 7) is 3.41. The van der Waals surface area contributed by atoms with Gasteiger partial charge in [-0.2, -0.15) is 0 Å². The normalized spacial score (nSPS) is 20.5. The maximum atomic E-state index is 12.3. The number of nitrogens with zero attached hydrogens (tertiary/aromatic N) is 1. The van der Waals surface area contributed by atoms with Gasteiger partial charge in [-0.25, -0.2) is 4.79 Å². The zero-order chi connectivity index (χ0) is 21.7. The molecule has 2 aromatic carbocycles. The summed E-state index contributed by atoms with van der Waals surface area (Å²) in [4.78, 5) is 26.3. The quantitative estimate of drug-likeness (QED) is 0.723. The molecule has 0 aliphatic carbocycles. The number of rotatable bonds is 6. The van der Waals surface area contributed by atoms with Crippen molar-refractivity contribution in [1.29, 1.82) is 0 Å². The second kappa shape index (κ2) is 9.62. The third-order valence-corrected chi connectivity index (χ3v) is 6.41. The molecule has 1 unspecified atom stereocenters. The van der Waals surface area contributed by atoms with Crippen molar-refractivity contribution in [3.8, 4) is 0 Å². The van der Waals surface area contributed by atoms with Crippen LogP contribution in [-0.4, -0.2) is 55.2 Å². The number of carbonyl (C=O) groups is 2. The molecule has 0 saturated carbocycles. The van der Waals surface area contributed by atoms with Crippen LogP contribution in [-0.2, 0) is 16.0 Å². The lowest BCUT2D eigenvalue weighted by Gasteiger charge is -2.39. The summed E-state index contributed by atoms with van der Waals surface area (Å²) in [5, 5.41) is 3.01. The van der Waals surface area contributed by atoms with E-state index in [9.17, 15) is 9.59 Å². The van der Waals surface area contributed by atoms with Gasteiger partial charge < -0.3 is 14.8 Å². The van der Waals surface area contributed by atoms with Gasteiger partial charge in [0.25, 0.3) is 5.91 Å². The maximum absolute atomic E-state index is 12.3. The molecule has 1 amide bonds. The van der Waals surface area contributed by atoms with Crippen LogP contribution in [0.2, 0.25) is 0 Å². The Morgan fingerprint density at radius 2 is 1.74 bits per heavy atom. The molecule has 164 valence electrons. The molecule has 0 radical (unpaired) electrons. The number of nitrogens with one attached hydrogen (secondary N) is 1. The zero-order valence-electron chi connectivity index (χ0n) is 18.0. The third-order valence-electron chi connectivity index (χ3n) is 6.41. The van der Waals surface area contributed by atoms with Gasteiger partial charge >= 0.3 is 5.97 Å². The van der Waals surface area contributed by atoms with Gasteiger partial charge in [-0.15, -0.1) is 0 Å². The van der Waals surface area contributed by atoms with Gasteiger partial charge in [0.1, 0.15) is 0 Å². The molecule has 1 N–H and O–H groups in total. The fraction of sp³-hybridized carbons (Fsp3) is 0.440. The highest BCUT2D eigenvalue weighted by Gasteiger charge is 2.42. The average Bonchev–Trinajstić information content (AvgIpc) is 3.22. The lowest BCUT2D eigenvalue weighted by atomic mass is 9.88. The zero-order valence-corrected chi connectivity index (χ0v) is 18.0. The van der Waals surface area contributed by atoms with Crippen molar-refractivity contribution in [3.05, 3.63) is 71.3 Å². The van der Waals surface area contributed by atoms with Crippen LogP contribution in [0.3, 0.4) is 0 Å². The van der Waals surface area contributed by atoms with Crippen LogP contribution >= 0.6 is 0 Å². The van der Waals surface area contributed by atoms with Crippen LogP contribution < -0.4 is 5.32 Å². The largest absolute Gasteiger partial charge is 0.465 e. The van der Waals surface area contributed by atoms with Gasteiger partial charge in [0.15, 0.2) is 0 Å². The molecule has 2 aromatic rings. The Labute approximate surface area is 183 Å². The Hall–Kier alpha value is -2.70. The molecular weight excluding hydrogens is 392 g/mol. The molecule has 4 rings (SSSR count). The molecule has 31 heavy (non-hydrogen) atoms. The Balaban J connectivity index is 1.22. The lowest BCUT2D eigenvalue weighted by molar-refractivity contribution is -0.0764. The highest BCUT2D eigenvalue weighted by Crippen LogP contribution is 2.39. The molecule has 1 spiro atoms. The second-order valence-electron chi connectivity index (χ2n) is 8.50. The SMILES string of the molecule is COC(=O)c1ccc(CN2CCC3(CCC(CNC(=O)c4ccccc4)O3)CC2)cc1. The topological polar surface area (TPSA) is 67.9 Å². The molecular formula is C25H30N2O4. The summed E-state index contributed by atoms with van der Waals surface area (Å²) in [5.41, 5.74) is 2.40. The number of amides is 1. The van der Waals surface area contributed by atoms with Gasteiger partial charge in [-0.1, -0.05) is 30.3 Å². The van der Waals surface area contributed by atoms with E-state index in [2.05, 4.69) is 10.2 Å². The van der Waals surface area contributed by atoms with E-state index in [0.29, 0.717) is 17.7 Å². The highest BCUT2D eigenvalue weighted by atomic mass is 16.5. The molecule has 0 bridgehead atoms. The van der Waals surface area contributed by atoms with E-state index in [0.717, 1.165) is 45.3 Å². The number of esters is 1. The van der Waals surface area contributed by atoms with E-state index < -0.39 is 0 Å². The first-order valence-corrected chi connectivity index (χ1v) is 11.0. The van der Waals surface area contributed by atoms with Gasteiger partial charge in [0.05, 0.1) is 24.4 Å². The fourth-order valence-electron chi connectivity index (χ4n) is 4.55. The van der Waals surface area contributed by atoms with Crippen LogP contribution in [0.4, 0.5) is 0 Å². The van der Waals surface area contributed by atoms with E-state index in [1.165, 1.54) is 12.7 Å². The first-order valence-electron chi connectivity index (χ1n) is 11.0. The van der Waals surface area contributed by atoms with Crippen LogP contribution in [0.5, 0.6) is 0 Å². The Kier molecular flexibility index (Phi) is 6.68. The highest BCUT2D eigenvalue weighted by molar-refractivity contribution is 5.94. The average molecular weight is 423 g/mol. The molecule has 6 nitrogen and oxygen atoms in total. The minimum atomic E-state index is -0.306. The number of hydrogen-bond acceptors (Lipinski definition) is 5. The van der Waals surface area contributed by atoms with Crippen LogP contribution in [0.25, 0.3) is 0 Å². The first-order chi connectivity index (χ1) is 15.1. The number of carbonyl (C=O) groups excluding carboxylic acids is 2. The number of methoxy groups -OCH3 is 1. The number of hydrogen-bond donors (Lipinski definition) is 1. The van der Waals surface area contributed by atoms with Gasteiger partial charge in [0, 0.05) is 31.7 Å². The second-order valence-corrected chi connectivity index (χ2v) is 8.50. The Morgan fingerprint density at radius 1 is 1.03 bits per heavy atom. The van der Waals surface area contributed by atoms with Crippen molar-refractivity contribution < 1.29 is 19.1 Å². The number of likely N-dealkylation sites (tertiary alicyclic amines) is 1. The number of ether oxygens (including phenoxy) is 2. The lowest BCUT2D eigenvalue weighted by Crippen LogP contribution is -2.44. The smallest absolute Gasteiger partial charge is 0.337 e. The third kappa shape index (κ3) is 5.32. The van der Waals surface area contributed by atoms with Gasteiger partial charge in [-0.3, -0.25) is 9.69 Å². The Morgan fingerprint density at radius 3 is 2.42 bits per heavy atom. The molecule has 1 atom stereocenters. The van der Waals surface area contributed by atoms with E-state index in [-0.39, 0.29) is 23.6 Å². The van der Waals surface area contributed by atoms with Crippen LogP contribution in [0.1, 0.15) is 52.0 Å². The van der Waals surface area contributed by atoms with Crippen molar-refractivity contribution in [1.82, 2.24) is 10.2 Å². The number of benzene rings is 2. The summed E-state index contributed by atoms with van der Waals surface area (Å²) in [6, 6.07) is 16.9. The van der Waals surface area contributed by atoms with E-state index >= 15 is 0 Å². The summed E-state index contributed by atoms with van der Waals surface area (Å²) in [7, 11) is 1.40. The molecule has 2 fully saturated rings. The number of piperidine rings is 1. The van der Waals surface area contributed by atoms with Crippen LogP contribution in [0, 0.1) is 0 Å². The van der Waals surface area contributed by atoms with Crippen molar-refractivity contribution in [2.75, 3.05) is 26.7 Å². The minimum Gasteiger partial charge on any atom is -0.465 e. The summed E-state index contributed by atoms with van der Waals surface area (Å²) < 4.78 is 11.2. The summed E-state index contributed by atoms with van der Waals surface area (Å²) in [5.74, 6) is -0.349. The minimum absolute atomic E-state index is 0.0433. The van der Waals surface area contributed by atoms with Crippen molar-refractivity contribution in [2.45, 2.75) is 43.9 Å². The van der Waals surface area contributed by atoms with Gasteiger partial charge in [-0.05, 0) is 55.5 Å². The standard InChI is InChI=1S/C25H30N2O4/c1-30-24(29)21-9-7-19(8-10-21)18-27-15-13-25(14-16-27)12-11-22(31-25)17-26-23(28)20-5-3-2-4-6-20/h2-10,22H,11-18H2,1H3,(H,26,28). The van der Waals surface area contributed by atoms with Gasteiger partial charge in [0.2, 0.25) is 0 Å². The van der Waals surface area contributed by atoms with Crippen molar-refractivity contribution >= 4 is 11.9 Å². The monoisotopic (exact) mass is 422 g/mol. The Bertz CT molecular complexity index is 889. The molecule has 0 aromatic heterocycles.